The van der Waals surface area contributed by atoms with Crippen molar-refractivity contribution in [2.75, 3.05) is 21.3 Å². The highest BCUT2D eigenvalue weighted by molar-refractivity contribution is 5.82. The lowest BCUT2D eigenvalue weighted by Crippen LogP contribution is -2.19. The molecule has 176 valence electrons. The number of benzene rings is 2. The van der Waals surface area contributed by atoms with E-state index in [1.807, 2.05) is 24.3 Å². The summed E-state index contributed by atoms with van der Waals surface area (Å²) in [7, 11) is 5.08. The van der Waals surface area contributed by atoms with Crippen LogP contribution in [0.5, 0.6) is 11.5 Å². The van der Waals surface area contributed by atoms with Crippen LogP contribution in [0, 0.1) is 5.92 Å². The largest absolute Gasteiger partial charge is 0.497 e. The van der Waals surface area contributed by atoms with Crippen molar-refractivity contribution in [3.05, 3.63) is 65.5 Å². The Morgan fingerprint density at radius 2 is 1.56 bits per heavy atom. The van der Waals surface area contributed by atoms with Crippen LogP contribution in [0.3, 0.4) is 0 Å². The smallest absolute Gasteiger partial charge is 0.164 e. The van der Waals surface area contributed by atoms with E-state index in [4.69, 9.17) is 24.3 Å². The average molecular weight is 458 g/mol. The molecular formula is C28H31N3O3. The number of nitrogens with zero attached hydrogens (tertiary/aromatic N) is 3. The number of hydrogen-bond donors (Lipinski definition) is 0. The molecule has 0 spiro atoms. The molecule has 1 atom stereocenters. The Morgan fingerprint density at radius 1 is 0.912 bits per heavy atom. The third kappa shape index (κ3) is 3.92. The fourth-order valence-corrected chi connectivity index (χ4v) is 5.01. The fraction of sp³-hybridized carbons (Fsp3) is 0.357. The van der Waals surface area contributed by atoms with Gasteiger partial charge in [-0.05, 0) is 67.1 Å². The SMILES string of the molecule is CCC1CCc2c(c(-c3ccc(OC)cc3)nc3c(-c4ccc(OC)cc4)c(COC)nn23)C1. The zero-order chi connectivity index (χ0) is 23.7. The van der Waals surface area contributed by atoms with Crippen LogP contribution in [0.15, 0.2) is 48.5 Å². The second-order valence-electron chi connectivity index (χ2n) is 8.85. The molecule has 4 aromatic rings. The van der Waals surface area contributed by atoms with Crippen molar-refractivity contribution in [2.45, 2.75) is 39.2 Å². The van der Waals surface area contributed by atoms with Gasteiger partial charge in [0.05, 0.1) is 37.8 Å². The van der Waals surface area contributed by atoms with Gasteiger partial charge in [0.15, 0.2) is 5.65 Å². The van der Waals surface area contributed by atoms with Gasteiger partial charge in [-0.2, -0.15) is 5.10 Å². The molecule has 6 heteroatoms. The van der Waals surface area contributed by atoms with E-state index in [-0.39, 0.29) is 0 Å². The molecule has 34 heavy (non-hydrogen) atoms. The molecule has 1 aliphatic carbocycles. The third-order valence-corrected chi connectivity index (χ3v) is 6.92. The molecule has 0 saturated heterocycles. The molecule has 2 aromatic heterocycles. The van der Waals surface area contributed by atoms with Gasteiger partial charge >= 0.3 is 0 Å². The van der Waals surface area contributed by atoms with Gasteiger partial charge in [-0.3, -0.25) is 0 Å². The van der Waals surface area contributed by atoms with Crippen molar-refractivity contribution in [1.82, 2.24) is 14.6 Å². The molecule has 1 unspecified atom stereocenters. The topological polar surface area (TPSA) is 57.9 Å². The monoisotopic (exact) mass is 457 g/mol. The summed E-state index contributed by atoms with van der Waals surface area (Å²) in [5.41, 5.74) is 8.55. The molecule has 0 saturated carbocycles. The first-order valence-corrected chi connectivity index (χ1v) is 11.9. The quantitative estimate of drug-likeness (QED) is 0.354. The van der Waals surface area contributed by atoms with E-state index in [2.05, 4.69) is 35.7 Å². The predicted octanol–water partition coefficient (Wildman–Crippen LogP) is 5.74. The molecule has 0 N–H and O–H groups in total. The summed E-state index contributed by atoms with van der Waals surface area (Å²) < 4.78 is 18.4. The van der Waals surface area contributed by atoms with Gasteiger partial charge in [-0.1, -0.05) is 25.5 Å². The highest BCUT2D eigenvalue weighted by Gasteiger charge is 2.28. The lowest BCUT2D eigenvalue weighted by Gasteiger charge is -2.26. The van der Waals surface area contributed by atoms with E-state index >= 15 is 0 Å². The molecule has 6 nitrogen and oxygen atoms in total. The Morgan fingerprint density at radius 3 is 2.15 bits per heavy atom. The summed E-state index contributed by atoms with van der Waals surface area (Å²) in [5.74, 6) is 2.33. The van der Waals surface area contributed by atoms with Crippen LogP contribution in [0.1, 0.15) is 36.7 Å². The maximum Gasteiger partial charge on any atom is 0.164 e. The van der Waals surface area contributed by atoms with Crippen LogP contribution in [0.4, 0.5) is 0 Å². The summed E-state index contributed by atoms with van der Waals surface area (Å²) in [6.45, 7) is 2.70. The van der Waals surface area contributed by atoms with Crippen molar-refractivity contribution in [2.24, 2.45) is 5.92 Å². The number of aromatic nitrogens is 3. The molecule has 1 aliphatic rings. The summed E-state index contributed by atoms with van der Waals surface area (Å²) in [6.07, 6.45) is 4.35. The highest BCUT2D eigenvalue weighted by Crippen LogP contribution is 2.38. The normalized spacial score (nSPS) is 15.4. The summed E-state index contributed by atoms with van der Waals surface area (Å²) in [6, 6.07) is 16.3. The van der Waals surface area contributed by atoms with Crippen LogP contribution in [-0.4, -0.2) is 35.9 Å². The van der Waals surface area contributed by atoms with E-state index < -0.39 is 0 Å². The lowest BCUT2D eigenvalue weighted by molar-refractivity contribution is 0.181. The Bertz CT molecular complexity index is 1290. The third-order valence-electron chi connectivity index (χ3n) is 6.92. The minimum Gasteiger partial charge on any atom is -0.497 e. The number of rotatable bonds is 7. The minimum atomic E-state index is 0.426. The molecular weight excluding hydrogens is 426 g/mol. The fourth-order valence-electron chi connectivity index (χ4n) is 5.01. The Kier molecular flexibility index (Phi) is 6.24. The maximum atomic E-state index is 5.54. The number of ether oxygens (including phenoxy) is 3. The van der Waals surface area contributed by atoms with Gasteiger partial charge in [0.1, 0.15) is 11.5 Å². The molecule has 0 bridgehead atoms. The second-order valence-corrected chi connectivity index (χ2v) is 8.85. The van der Waals surface area contributed by atoms with Crippen LogP contribution >= 0.6 is 0 Å². The summed E-state index contributed by atoms with van der Waals surface area (Å²) in [5, 5.41) is 5.03. The van der Waals surface area contributed by atoms with Crippen LogP contribution < -0.4 is 9.47 Å². The maximum absolute atomic E-state index is 5.54. The summed E-state index contributed by atoms with van der Waals surface area (Å²) >= 11 is 0. The molecule has 0 amide bonds. The van der Waals surface area contributed by atoms with E-state index in [1.165, 1.54) is 24.1 Å². The predicted molar refractivity (Wildman–Crippen MR) is 133 cm³/mol. The van der Waals surface area contributed by atoms with Crippen LogP contribution in [0.25, 0.3) is 28.0 Å². The van der Waals surface area contributed by atoms with E-state index in [0.717, 1.165) is 58.1 Å². The van der Waals surface area contributed by atoms with Crippen LogP contribution in [0.2, 0.25) is 0 Å². The number of methoxy groups -OCH3 is 3. The van der Waals surface area contributed by atoms with E-state index in [1.54, 1.807) is 21.3 Å². The van der Waals surface area contributed by atoms with E-state index in [9.17, 15) is 0 Å². The van der Waals surface area contributed by atoms with Gasteiger partial charge in [0, 0.05) is 23.9 Å². The average Bonchev–Trinajstić information content (AvgIpc) is 3.26. The van der Waals surface area contributed by atoms with Gasteiger partial charge in [-0.15, -0.1) is 0 Å². The first kappa shape index (κ1) is 22.4. The zero-order valence-corrected chi connectivity index (χ0v) is 20.3. The van der Waals surface area contributed by atoms with Gasteiger partial charge in [-0.25, -0.2) is 9.50 Å². The molecule has 0 fully saturated rings. The molecule has 5 rings (SSSR count). The van der Waals surface area contributed by atoms with Crippen molar-refractivity contribution in [1.29, 1.82) is 0 Å². The van der Waals surface area contributed by atoms with E-state index in [0.29, 0.717) is 12.5 Å². The number of aryl methyl sites for hydroxylation is 1. The minimum absolute atomic E-state index is 0.426. The summed E-state index contributed by atoms with van der Waals surface area (Å²) in [4.78, 5) is 5.28. The standard InChI is InChI=1S/C28H31N3O3/c1-5-18-6-15-25-23(16-18)27(20-9-13-22(34-4)14-10-20)29-28-26(24(17-32-2)30-31(25)28)19-7-11-21(33-3)12-8-19/h7-14,18H,5-6,15-17H2,1-4H3. The highest BCUT2D eigenvalue weighted by atomic mass is 16.5. The lowest BCUT2D eigenvalue weighted by atomic mass is 9.83. The van der Waals surface area contributed by atoms with Gasteiger partial charge in [0.2, 0.25) is 0 Å². The van der Waals surface area contributed by atoms with Crippen molar-refractivity contribution in [3.8, 4) is 33.9 Å². The Hall–Kier alpha value is -3.38. The van der Waals surface area contributed by atoms with Crippen LogP contribution in [-0.2, 0) is 24.2 Å². The number of fused-ring (bicyclic) bond motifs is 3. The van der Waals surface area contributed by atoms with Crippen molar-refractivity contribution < 1.29 is 14.2 Å². The first-order valence-electron chi connectivity index (χ1n) is 11.9. The first-order chi connectivity index (χ1) is 16.7. The molecule has 0 radical (unpaired) electrons. The Labute approximate surface area is 200 Å². The van der Waals surface area contributed by atoms with Gasteiger partial charge in [0.25, 0.3) is 0 Å². The molecule has 0 aliphatic heterocycles. The zero-order valence-electron chi connectivity index (χ0n) is 20.3. The molecule has 2 heterocycles. The van der Waals surface area contributed by atoms with Crippen molar-refractivity contribution in [3.63, 3.8) is 0 Å². The number of hydrogen-bond acceptors (Lipinski definition) is 5. The Balaban J connectivity index is 1.77. The second kappa shape index (κ2) is 9.47. The molecule has 2 aromatic carbocycles. The van der Waals surface area contributed by atoms with Gasteiger partial charge < -0.3 is 14.2 Å². The van der Waals surface area contributed by atoms with Crippen molar-refractivity contribution >= 4 is 5.65 Å².